The minimum Gasteiger partial charge on any atom is -0.459 e. The van der Waals surface area contributed by atoms with E-state index in [0.717, 1.165) is 30.9 Å². The van der Waals surface area contributed by atoms with Crippen molar-refractivity contribution in [2.75, 3.05) is 26.7 Å². The van der Waals surface area contributed by atoms with Crippen LogP contribution in [0.3, 0.4) is 0 Å². The Balaban J connectivity index is 0.00000392. The van der Waals surface area contributed by atoms with Gasteiger partial charge in [-0.05, 0) is 39.7 Å². The molecule has 1 aromatic heterocycles. The highest BCUT2D eigenvalue weighted by Gasteiger charge is 2.58. The average Bonchev–Trinajstić information content (AvgIpc) is 3.06. The molecular weight excluding hydrogens is 471 g/mol. The number of nitrogens with one attached hydrogen (secondary N) is 3. The van der Waals surface area contributed by atoms with Gasteiger partial charge in [0.2, 0.25) is 0 Å². The second-order valence-electron chi connectivity index (χ2n) is 7.86. The van der Waals surface area contributed by atoms with Gasteiger partial charge in [0.25, 0.3) is 5.91 Å². The van der Waals surface area contributed by atoms with Crippen molar-refractivity contribution in [2.45, 2.75) is 59.1 Å². The zero-order valence-corrected chi connectivity index (χ0v) is 20.2. The van der Waals surface area contributed by atoms with Crippen molar-refractivity contribution < 1.29 is 13.9 Å². The van der Waals surface area contributed by atoms with Crippen molar-refractivity contribution in [3.05, 3.63) is 23.7 Å². The first-order valence-corrected chi connectivity index (χ1v) is 9.67. The largest absolute Gasteiger partial charge is 0.459 e. The fourth-order valence-electron chi connectivity index (χ4n) is 3.37. The molecule has 0 saturated heterocycles. The number of guanidine groups is 1. The minimum atomic E-state index is -0.179. The van der Waals surface area contributed by atoms with Gasteiger partial charge >= 0.3 is 0 Å². The van der Waals surface area contributed by atoms with Crippen LogP contribution in [0.5, 0.6) is 0 Å². The SMILES string of the molecule is CCNC(=NCCCNC(=O)c1occc1C)NC1CC(C)(OC)C1(C)C.I. The summed E-state index contributed by atoms with van der Waals surface area (Å²) < 4.78 is 10.9. The van der Waals surface area contributed by atoms with Gasteiger partial charge in [-0.1, -0.05) is 13.8 Å². The smallest absolute Gasteiger partial charge is 0.287 e. The number of furan rings is 1. The molecule has 8 heteroatoms. The number of rotatable bonds is 8. The monoisotopic (exact) mass is 506 g/mol. The number of halogens is 1. The lowest BCUT2D eigenvalue weighted by atomic mass is 9.56. The third kappa shape index (κ3) is 5.40. The number of aryl methyl sites for hydroxylation is 1. The summed E-state index contributed by atoms with van der Waals surface area (Å²) in [5, 5.41) is 9.68. The minimum absolute atomic E-state index is 0. The summed E-state index contributed by atoms with van der Waals surface area (Å²) in [6.45, 7) is 12.5. The predicted molar refractivity (Wildman–Crippen MR) is 123 cm³/mol. The Hall–Kier alpha value is -1.29. The third-order valence-electron chi connectivity index (χ3n) is 5.89. The number of ether oxygens (including phenoxy) is 1. The van der Waals surface area contributed by atoms with Crippen LogP contribution in [-0.4, -0.2) is 50.3 Å². The second kappa shape index (κ2) is 10.5. The summed E-state index contributed by atoms with van der Waals surface area (Å²) in [4.78, 5) is 16.6. The summed E-state index contributed by atoms with van der Waals surface area (Å²) in [6.07, 6.45) is 3.23. The lowest BCUT2D eigenvalue weighted by Gasteiger charge is -2.59. The number of amides is 1. The van der Waals surface area contributed by atoms with Gasteiger partial charge in [0.05, 0.1) is 11.9 Å². The van der Waals surface area contributed by atoms with Crippen LogP contribution >= 0.6 is 24.0 Å². The Morgan fingerprint density at radius 2 is 2.07 bits per heavy atom. The molecule has 1 heterocycles. The van der Waals surface area contributed by atoms with Crippen LogP contribution in [0.25, 0.3) is 0 Å². The fraction of sp³-hybridized carbons (Fsp3) is 0.700. The van der Waals surface area contributed by atoms with E-state index in [2.05, 4.69) is 41.7 Å². The molecule has 1 saturated carbocycles. The van der Waals surface area contributed by atoms with Crippen molar-refractivity contribution in [3.8, 4) is 0 Å². The van der Waals surface area contributed by atoms with E-state index in [-0.39, 0.29) is 40.9 Å². The molecule has 0 aliphatic heterocycles. The van der Waals surface area contributed by atoms with Crippen molar-refractivity contribution in [3.63, 3.8) is 0 Å². The van der Waals surface area contributed by atoms with Crippen LogP contribution in [-0.2, 0) is 4.74 Å². The molecule has 1 aromatic rings. The van der Waals surface area contributed by atoms with E-state index >= 15 is 0 Å². The highest BCUT2D eigenvalue weighted by molar-refractivity contribution is 14.0. The van der Waals surface area contributed by atoms with Crippen molar-refractivity contribution in [1.82, 2.24) is 16.0 Å². The molecule has 1 fully saturated rings. The fourth-order valence-corrected chi connectivity index (χ4v) is 3.37. The first-order valence-electron chi connectivity index (χ1n) is 9.67. The van der Waals surface area contributed by atoms with Crippen LogP contribution in [0.15, 0.2) is 21.7 Å². The normalized spacial score (nSPS) is 23.4. The number of hydrogen-bond donors (Lipinski definition) is 3. The van der Waals surface area contributed by atoms with Crippen molar-refractivity contribution >= 4 is 35.8 Å². The van der Waals surface area contributed by atoms with E-state index in [1.54, 1.807) is 13.2 Å². The number of aliphatic imine (C=N–C) groups is 1. The Morgan fingerprint density at radius 3 is 2.61 bits per heavy atom. The molecule has 160 valence electrons. The Kier molecular flexibility index (Phi) is 9.26. The standard InChI is InChI=1S/C20H34N4O3.HI/c1-7-21-18(24-15-13-20(5,26-6)19(15,3)4)23-11-8-10-22-17(25)16-14(2)9-12-27-16;/h9,12,15H,7-8,10-11,13H2,1-6H3,(H,22,25)(H2,21,23,24);1H. The second-order valence-corrected chi connectivity index (χ2v) is 7.86. The predicted octanol–water partition coefficient (Wildman–Crippen LogP) is 3.08. The molecule has 1 aliphatic carbocycles. The third-order valence-corrected chi connectivity index (χ3v) is 5.89. The molecule has 1 aliphatic rings. The van der Waals surface area contributed by atoms with Crippen molar-refractivity contribution in [1.29, 1.82) is 0 Å². The quantitative estimate of drug-likeness (QED) is 0.218. The highest BCUT2D eigenvalue weighted by Crippen LogP contribution is 2.51. The van der Waals surface area contributed by atoms with Gasteiger partial charge < -0.3 is 25.1 Å². The van der Waals surface area contributed by atoms with Crippen LogP contribution < -0.4 is 16.0 Å². The van der Waals surface area contributed by atoms with E-state index in [1.165, 1.54) is 6.26 Å². The van der Waals surface area contributed by atoms with Gasteiger partial charge in [-0.3, -0.25) is 9.79 Å². The molecule has 2 unspecified atom stereocenters. The Labute approximate surface area is 185 Å². The number of nitrogens with zero attached hydrogens (tertiary/aromatic N) is 1. The summed E-state index contributed by atoms with van der Waals surface area (Å²) in [5.41, 5.74) is 0.749. The summed E-state index contributed by atoms with van der Waals surface area (Å²) in [5.74, 6) is 1.01. The molecule has 0 bridgehead atoms. The molecule has 2 rings (SSSR count). The first-order chi connectivity index (χ1) is 12.7. The summed E-state index contributed by atoms with van der Waals surface area (Å²) >= 11 is 0. The number of carbonyl (C=O) groups is 1. The van der Waals surface area contributed by atoms with Crippen LogP contribution in [0.1, 0.15) is 56.7 Å². The number of methoxy groups -OCH3 is 1. The van der Waals surface area contributed by atoms with E-state index in [1.807, 2.05) is 13.8 Å². The lowest BCUT2D eigenvalue weighted by molar-refractivity contribution is -0.176. The van der Waals surface area contributed by atoms with Crippen LogP contribution in [0, 0.1) is 12.3 Å². The molecule has 2 atom stereocenters. The maximum Gasteiger partial charge on any atom is 0.287 e. The van der Waals surface area contributed by atoms with Gasteiger partial charge in [0, 0.05) is 43.8 Å². The van der Waals surface area contributed by atoms with Gasteiger partial charge in [-0.15, -0.1) is 24.0 Å². The zero-order valence-electron chi connectivity index (χ0n) is 17.8. The van der Waals surface area contributed by atoms with E-state index < -0.39 is 0 Å². The first kappa shape index (κ1) is 24.7. The molecule has 3 N–H and O–H groups in total. The van der Waals surface area contributed by atoms with E-state index in [0.29, 0.717) is 24.9 Å². The molecular formula is C20H35IN4O3. The van der Waals surface area contributed by atoms with Gasteiger partial charge in [0.15, 0.2) is 11.7 Å². The molecule has 1 amide bonds. The Bertz CT molecular complexity index is 674. The molecule has 0 aromatic carbocycles. The topological polar surface area (TPSA) is 87.9 Å². The molecule has 0 spiro atoms. The lowest BCUT2D eigenvalue weighted by Crippen LogP contribution is -2.69. The van der Waals surface area contributed by atoms with Gasteiger partial charge in [-0.2, -0.15) is 0 Å². The number of hydrogen-bond acceptors (Lipinski definition) is 4. The zero-order chi connectivity index (χ0) is 20.1. The molecule has 28 heavy (non-hydrogen) atoms. The van der Waals surface area contributed by atoms with E-state index in [9.17, 15) is 4.79 Å². The van der Waals surface area contributed by atoms with Gasteiger partial charge in [0.1, 0.15) is 0 Å². The maximum absolute atomic E-state index is 12.0. The maximum atomic E-state index is 12.0. The van der Waals surface area contributed by atoms with Crippen LogP contribution in [0.2, 0.25) is 0 Å². The summed E-state index contributed by atoms with van der Waals surface area (Å²) in [6, 6.07) is 2.09. The van der Waals surface area contributed by atoms with E-state index in [4.69, 9.17) is 9.15 Å². The highest BCUT2D eigenvalue weighted by atomic mass is 127. The van der Waals surface area contributed by atoms with Crippen molar-refractivity contribution in [2.24, 2.45) is 10.4 Å². The number of carbonyl (C=O) groups excluding carboxylic acids is 1. The average molecular weight is 506 g/mol. The molecule has 7 nitrogen and oxygen atoms in total. The Morgan fingerprint density at radius 1 is 1.36 bits per heavy atom. The summed E-state index contributed by atoms with van der Waals surface area (Å²) in [7, 11) is 1.77. The molecule has 0 radical (unpaired) electrons. The van der Waals surface area contributed by atoms with Gasteiger partial charge in [-0.25, -0.2) is 0 Å². The van der Waals surface area contributed by atoms with Crippen LogP contribution in [0.4, 0.5) is 0 Å².